The lowest BCUT2D eigenvalue weighted by Gasteiger charge is -2.40. The van der Waals surface area contributed by atoms with Crippen LogP contribution in [0.2, 0.25) is 18.1 Å². The van der Waals surface area contributed by atoms with Crippen LogP contribution in [0.4, 0.5) is 0 Å². The summed E-state index contributed by atoms with van der Waals surface area (Å²) in [5.74, 6) is 0.533. The Labute approximate surface area is 133 Å². The first kappa shape index (κ1) is 19.4. The zero-order chi connectivity index (χ0) is 15.1. The third-order valence-electron chi connectivity index (χ3n) is 3.95. The minimum Gasteiger partial charge on any atom is -0.468 e. The molecule has 0 amide bonds. The average molecular weight is 400 g/mol. The maximum absolute atomic E-state index is 10.2. The molecule has 0 spiro atoms. The van der Waals surface area contributed by atoms with Crippen molar-refractivity contribution in [3.63, 3.8) is 0 Å². The Balaban J connectivity index is 4.55. The maximum Gasteiger partial charge on any atom is 0.293 e. The maximum atomic E-state index is 10.2. The molecule has 2 atom stereocenters. The van der Waals surface area contributed by atoms with Crippen LogP contribution in [0.15, 0.2) is 0 Å². The van der Waals surface area contributed by atoms with Crippen LogP contribution >= 0.6 is 22.6 Å². The molecule has 114 valence electrons. The molecule has 0 aromatic rings. The zero-order valence-electron chi connectivity index (χ0n) is 13.2. The molecule has 0 saturated carbocycles. The van der Waals surface area contributed by atoms with Gasteiger partial charge in [-0.1, -0.05) is 50.3 Å². The van der Waals surface area contributed by atoms with Crippen molar-refractivity contribution in [1.29, 1.82) is 0 Å². The van der Waals surface area contributed by atoms with Gasteiger partial charge in [-0.2, -0.15) is 0 Å². The van der Waals surface area contributed by atoms with E-state index in [1.165, 1.54) is 0 Å². The lowest BCUT2D eigenvalue weighted by Crippen LogP contribution is -2.45. The lowest BCUT2D eigenvalue weighted by molar-refractivity contribution is -0.128. The number of halogens is 1. The molecular formula is C14H29IO3Si. The van der Waals surface area contributed by atoms with E-state index in [0.29, 0.717) is 19.0 Å². The highest BCUT2D eigenvalue weighted by Gasteiger charge is 2.39. The minimum absolute atomic E-state index is 0.232. The van der Waals surface area contributed by atoms with Crippen LogP contribution in [-0.2, 0) is 14.0 Å². The number of hydrogen-bond donors (Lipinski definition) is 0. The molecule has 0 saturated heterocycles. The van der Waals surface area contributed by atoms with Gasteiger partial charge in [0.25, 0.3) is 6.47 Å². The van der Waals surface area contributed by atoms with Crippen molar-refractivity contribution in [2.45, 2.75) is 64.8 Å². The molecule has 0 aromatic heterocycles. The Morgan fingerprint density at radius 1 is 1.32 bits per heavy atom. The molecule has 0 heterocycles. The van der Waals surface area contributed by atoms with E-state index in [4.69, 9.17) is 9.16 Å². The Morgan fingerprint density at radius 3 is 2.32 bits per heavy atom. The standard InChI is InChI=1S/C14H29IO3Si/c1-12(10-15)13(8-7-9-17-11-16)18-19(5,6)14(2,3)4/h11-13H,7-10H2,1-6H3/t12-,13-/m0/s1. The van der Waals surface area contributed by atoms with Crippen molar-refractivity contribution < 1.29 is 14.0 Å². The second-order valence-corrected chi connectivity index (χ2v) is 12.3. The SMILES string of the molecule is C[C@@H](CI)[C@H](CCCOC=O)O[Si](C)(C)C(C)(C)C. The van der Waals surface area contributed by atoms with Crippen LogP contribution in [0.5, 0.6) is 0 Å². The molecule has 0 aromatic carbocycles. The van der Waals surface area contributed by atoms with Crippen LogP contribution in [0.1, 0.15) is 40.5 Å². The smallest absolute Gasteiger partial charge is 0.293 e. The Bertz CT molecular complexity index is 264. The number of ether oxygens (including phenoxy) is 1. The lowest BCUT2D eigenvalue weighted by atomic mass is 10.0. The molecule has 0 radical (unpaired) electrons. The van der Waals surface area contributed by atoms with Crippen molar-refractivity contribution in [1.82, 2.24) is 0 Å². The predicted octanol–water partition coefficient (Wildman–Crippen LogP) is 4.40. The number of carbonyl (C=O) groups excluding carboxylic acids is 1. The van der Waals surface area contributed by atoms with E-state index in [0.717, 1.165) is 17.3 Å². The Kier molecular flexibility index (Phi) is 8.79. The Morgan fingerprint density at radius 2 is 1.89 bits per heavy atom. The van der Waals surface area contributed by atoms with E-state index < -0.39 is 8.32 Å². The highest BCUT2D eigenvalue weighted by molar-refractivity contribution is 14.1. The summed E-state index contributed by atoms with van der Waals surface area (Å²) in [7, 11) is -1.73. The number of hydrogen-bond acceptors (Lipinski definition) is 3. The van der Waals surface area contributed by atoms with E-state index in [2.05, 4.69) is 63.4 Å². The van der Waals surface area contributed by atoms with Gasteiger partial charge in [0.05, 0.1) is 6.61 Å². The summed E-state index contributed by atoms with van der Waals surface area (Å²) in [4.78, 5) is 10.2. The van der Waals surface area contributed by atoms with Gasteiger partial charge in [0.15, 0.2) is 8.32 Å². The van der Waals surface area contributed by atoms with Gasteiger partial charge >= 0.3 is 0 Å². The quantitative estimate of drug-likeness (QED) is 0.189. The van der Waals surface area contributed by atoms with Crippen molar-refractivity contribution >= 4 is 37.4 Å². The van der Waals surface area contributed by atoms with Crippen molar-refractivity contribution in [3.05, 3.63) is 0 Å². The number of alkyl halides is 1. The third kappa shape index (κ3) is 7.08. The first-order valence-electron chi connectivity index (χ1n) is 6.94. The molecule has 0 N–H and O–H groups in total. The summed E-state index contributed by atoms with van der Waals surface area (Å²) in [6.07, 6.45) is 2.11. The molecule has 0 fully saturated rings. The third-order valence-corrected chi connectivity index (χ3v) is 9.84. The average Bonchev–Trinajstić information content (AvgIpc) is 2.30. The fourth-order valence-corrected chi connectivity index (χ4v) is 3.56. The largest absolute Gasteiger partial charge is 0.468 e. The van der Waals surface area contributed by atoms with E-state index in [9.17, 15) is 4.79 Å². The number of rotatable bonds is 9. The highest BCUT2D eigenvalue weighted by atomic mass is 127. The minimum atomic E-state index is -1.73. The fraction of sp³-hybridized carbons (Fsp3) is 0.929. The molecular weight excluding hydrogens is 371 g/mol. The van der Waals surface area contributed by atoms with Gasteiger partial charge in [0.2, 0.25) is 0 Å². The van der Waals surface area contributed by atoms with Gasteiger partial charge < -0.3 is 9.16 Å². The van der Waals surface area contributed by atoms with Crippen molar-refractivity contribution in [2.24, 2.45) is 5.92 Å². The fourth-order valence-electron chi connectivity index (χ4n) is 1.53. The summed E-state index contributed by atoms with van der Waals surface area (Å²) in [6.45, 7) is 14.6. The van der Waals surface area contributed by atoms with Crippen LogP contribution in [0.3, 0.4) is 0 Å². The van der Waals surface area contributed by atoms with E-state index in [1.54, 1.807) is 0 Å². The molecule has 5 heteroatoms. The van der Waals surface area contributed by atoms with Gasteiger partial charge in [0, 0.05) is 10.5 Å². The molecule has 19 heavy (non-hydrogen) atoms. The molecule has 0 aliphatic rings. The van der Waals surface area contributed by atoms with Gasteiger partial charge in [-0.05, 0) is 36.9 Å². The molecule has 0 unspecified atom stereocenters. The Hall–Kier alpha value is 0.377. The molecule has 0 bridgehead atoms. The molecule has 0 aliphatic heterocycles. The van der Waals surface area contributed by atoms with Crippen LogP contribution in [0, 0.1) is 5.92 Å². The van der Waals surface area contributed by atoms with Gasteiger partial charge in [0.1, 0.15) is 0 Å². The summed E-state index contributed by atoms with van der Waals surface area (Å²) < 4.78 is 12.4. The van der Waals surface area contributed by atoms with E-state index in [1.807, 2.05) is 0 Å². The molecule has 0 aliphatic carbocycles. The predicted molar refractivity (Wildman–Crippen MR) is 91.4 cm³/mol. The van der Waals surface area contributed by atoms with Gasteiger partial charge in [-0.25, -0.2) is 0 Å². The van der Waals surface area contributed by atoms with Crippen LogP contribution in [0.25, 0.3) is 0 Å². The molecule has 3 nitrogen and oxygen atoms in total. The number of carbonyl (C=O) groups is 1. The van der Waals surface area contributed by atoms with Crippen LogP contribution in [-0.4, -0.2) is 31.9 Å². The zero-order valence-corrected chi connectivity index (χ0v) is 16.3. The van der Waals surface area contributed by atoms with E-state index >= 15 is 0 Å². The van der Waals surface area contributed by atoms with Gasteiger partial charge in [-0.15, -0.1) is 0 Å². The van der Waals surface area contributed by atoms with Crippen molar-refractivity contribution in [2.75, 3.05) is 11.0 Å². The first-order valence-corrected chi connectivity index (χ1v) is 11.4. The second-order valence-electron chi connectivity index (χ2n) is 6.66. The second kappa shape index (κ2) is 8.62. The highest BCUT2D eigenvalue weighted by Crippen LogP contribution is 2.38. The van der Waals surface area contributed by atoms with E-state index in [-0.39, 0.29) is 11.1 Å². The van der Waals surface area contributed by atoms with Crippen molar-refractivity contribution in [3.8, 4) is 0 Å². The molecule has 0 rings (SSSR count). The van der Waals surface area contributed by atoms with Gasteiger partial charge in [-0.3, -0.25) is 4.79 Å². The summed E-state index contributed by atoms with van der Waals surface area (Å²) in [5.41, 5.74) is 0. The summed E-state index contributed by atoms with van der Waals surface area (Å²) in [6, 6.07) is 0. The monoisotopic (exact) mass is 400 g/mol. The topological polar surface area (TPSA) is 35.5 Å². The van der Waals surface area contributed by atoms with Crippen LogP contribution < -0.4 is 0 Å². The first-order chi connectivity index (χ1) is 8.65. The summed E-state index contributed by atoms with van der Waals surface area (Å²) >= 11 is 2.42. The normalized spacial score (nSPS) is 15.9. The summed E-state index contributed by atoms with van der Waals surface area (Å²) in [5, 5.41) is 0.232.